The van der Waals surface area contributed by atoms with Gasteiger partial charge in [-0.05, 0) is 25.3 Å². The van der Waals surface area contributed by atoms with Crippen LogP contribution in [0.2, 0.25) is 0 Å². The van der Waals surface area contributed by atoms with Crippen LogP contribution in [0.25, 0.3) is 0 Å². The molecule has 7 atom stereocenters. The summed E-state index contributed by atoms with van der Waals surface area (Å²) < 4.78 is 175. The van der Waals surface area contributed by atoms with Crippen molar-refractivity contribution in [3.8, 4) is 0 Å². The molecule has 0 bridgehead atoms. The second-order valence-corrected chi connectivity index (χ2v) is 14.1. The molecule has 2 unspecified atom stereocenters. The van der Waals surface area contributed by atoms with E-state index >= 15 is 8.78 Å². The van der Waals surface area contributed by atoms with Gasteiger partial charge in [0.1, 0.15) is 6.79 Å². The number of carboxylic acids is 1. The van der Waals surface area contributed by atoms with Crippen LogP contribution in [0.1, 0.15) is 44.3 Å². The number of hydrogen-bond acceptors (Lipinski definition) is 10. The molecule has 1 aromatic rings. The quantitative estimate of drug-likeness (QED) is 0.0486. The van der Waals surface area contributed by atoms with E-state index in [2.05, 4.69) is 8.92 Å². The molecule has 0 saturated carbocycles. The van der Waals surface area contributed by atoms with Crippen molar-refractivity contribution in [2.75, 3.05) is 27.1 Å². The lowest BCUT2D eigenvalue weighted by molar-refractivity contribution is -0.456. The Balaban J connectivity index is 1.88. The van der Waals surface area contributed by atoms with Crippen LogP contribution in [-0.4, -0.2) is 98.5 Å². The van der Waals surface area contributed by atoms with Gasteiger partial charge in [-0.2, -0.15) is 43.5 Å². The number of halogens is 9. The molecule has 48 heavy (non-hydrogen) atoms. The first kappa shape index (κ1) is 41.0. The minimum atomic E-state index is -7.05. The van der Waals surface area contributed by atoms with Crippen molar-refractivity contribution < 1.29 is 86.0 Å². The highest BCUT2D eigenvalue weighted by Crippen LogP contribution is 2.50. The molecular formula is C27H33F8IO11S. The summed E-state index contributed by atoms with van der Waals surface area (Å²) in [6.45, 7) is 0.921. The minimum Gasteiger partial charge on any atom is -0.481 e. The molecule has 3 rings (SSSR count). The average Bonchev–Trinajstić information content (AvgIpc) is 2.99. The first-order chi connectivity index (χ1) is 22.2. The summed E-state index contributed by atoms with van der Waals surface area (Å²) in [6.07, 6.45) is -23.9. The molecule has 11 nitrogen and oxygen atoms in total. The van der Waals surface area contributed by atoms with Gasteiger partial charge in [-0.1, -0.05) is 52.9 Å². The molecule has 2 heterocycles. The standard InChI is InChI=1S/C27H33F8IO11S/c1-3-42-14-44-21-17-11-18(15-7-5-4-6-8-15)43-13-19(17)45-23(41-2)22(21)46-48(39,40)27(34,35)26(32,33)47-25(30,31)24(28,29)12-16(36)9-10-20(37)38/h4-8,16-19,21-23H,3,9-14H2,1-2H3,(H,37,38)/t16?,17-,18?,19-,21+,22-,23-/m1/s1. The monoisotopic (exact) mass is 844 g/mol. The van der Waals surface area contributed by atoms with Gasteiger partial charge in [0.25, 0.3) is 0 Å². The van der Waals surface area contributed by atoms with Gasteiger partial charge < -0.3 is 28.8 Å². The molecule has 0 radical (unpaired) electrons. The van der Waals surface area contributed by atoms with E-state index in [4.69, 9.17) is 28.8 Å². The summed E-state index contributed by atoms with van der Waals surface area (Å²) in [5.74, 6) is -7.98. The Morgan fingerprint density at radius 1 is 1.06 bits per heavy atom. The fourth-order valence-electron chi connectivity index (χ4n) is 4.98. The third-order valence-electron chi connectivity index (χ3n) is 7.42. The first-order valence-corrected chi connectivity index (χ1v) is 16.9. The zero-order chi connectivity index (χ0) is 36.1. The lowest BCUT2D eigenvalue weighted by Crippen LogP contribution is -2.62. The van der Waals surface area contributed by atoms with Gasteiger partial charge in [0, 0.05) is 36.4 Å². The molecule has 1 aromatic carbocycles. The predicted molar refractivity (Wildman–Crippen MR) is 154 cm³/mol. The maximum Gasteiger partial charge on any atom is 0.460 e. The summed E-state index contributed by atoms with van der Waals surface area (Å²) in [5.41, 5.74) is 0.662. The van der Waals surface area contributed by atoms with Gasteiger partial charge >= 0.3 is 39.5 Å². The second-order valence-electron chi connectivity index (χ2n) is 10.8. The van der Waals surface area contributed by atoms with Crippen LogP contribution >= 0.6 is 22.6 Å². The van der Waals surface area contributed by atoms with Crippen LogP contribution in [0.5, 0.6) is 0 Å². The Hall–Kier alpha value is -1.47. The van der Waals surface area contributed by atoms with E-state index in [1.54, 1.807) is 37.3 Å². The van der Waals surface area contributed by atoms with Crippen molar-refractivity contribution in [1.29, 1.82) is 0 Å². The molecule has 276 valence electrons. The summed E-state index contributed by atoms with van der Waals surface area (Å²) in [6, 6.07) is 8.55. The normalized spacial score (nSPS) is 26.6. The van der Waals surface area contributed by atoms with Crippen molar-refractivity contribution in [2.45, 2.75) is 90.6 Å². The second kappa shape index (κ2) is 16.3. The number of hydrogen-bond donors (Lipinski definition) is 1. The summed E-state index contributed by atoms with van der Waals surface area (Å²) in [7, 11) is -6.12. The van der Waals surface area contributed by atoms with Gasteiger partial charge in [-0.15, -0.1) is 0 Å². The number of benzene rings is 1. The summed E-state index contributed by atoms with van der Waals surface area (Å²) in [5, 5.41) is 1.92. The van der Waals surface area contributed by atoms with E-state index in [1.165, 1.54) is 0 Å². The van der Waals surface area contributed by atoms with Crippen LogP contribution in [0.3, 0.4) is 0 Å². The number of carbonyl (C=O) groups is 1. The molecule has 2 fully saturated rings. The molecule has 21 heteroatoms. The SMILES string of the molecule is CCOCO[C@H]1[C@@H]2CC(c3ccccc3)OC[C@H]2O[C@@H](OC)[C@@H]1OS(=O)(=O)C(F)(F)C(F)(F)OC(F)(F)C(F)(F)CC(I)CCC(=O)O. The summed E-state index contributed by atoms with van der Waals surface area (Å²) >= 11 is 1.14. The average molecular weight is 845 g/mol. The van der Waals surface area contributed by atoms with Crippen LogP contribution < -0.4 is 0 Å². The van der Waals surface area contributed by atoms with E-state index < -0.39 is 106 Å². The van der Waals surface area contributed by atoms with Crippen molar-refractivity contribution in [3.63, 3.8) is 0 Å². The molecule has 0 spiro atoms. The molecular weight excluding hydrogens is 811 g/mol. The van der Waals surface area contributed by atoms with Gasteiger partial charge in [0.05, 0.1) is 24.9 Å². The fourth-order valence-corrected chi connectivity index (χ4v) is 6.79. The highest BCUT2D eigenvalue weighted by molar-refractivity contribution is 14.1. The fraction of sp³-hybridized carbons (Fsp3) is 0.741. The van der Waals surface area contributed by atoms with Crippen molar-refractivity contribution in [2.24, 2.45) is 5.92 Å². The zero-order valence-electron chi connectivity index (χ0n) is 25.2. The van der Waals surface area contributed by atoms with Crippen molar-refractivity contribution in [3.05, 3.63) is 35.9 Å². The van der Waals surface area contributed by atoms with E-state index in [0.717, 1.165) is 29.7 Å². The molecule has 2 aliphatic heterocycles. The molecule has 1 N–H and O–H groups in total. The van der Waals surface area contributed by atoms with Crippen LogP contribution in [0, 0.1) is 5.92 Å². The number of rotatable bonds is 18. The topological polar surface area (TPSA) is 136 Å². The van der Waals surface area contributed by atoms with Crippen LogP contribution in [0.15, 0.2) is 30.3 Å². The number of alkyl halides is 9. The van der Waals surface area contributed by atoms with Gasteiger partial charge in [0.2, 0.25) is 0 Å². The lowest BCUT2D eigenvalue weighted by Gasteiger charge is -2.48. The highest BCUT2D eigenvalue weighted by atomic mass is 127. The largest absolute Gasteiger partial charge is 0.481 e. The Labute approximate surface area is 283 Å². The number of methoxy groups -OCH3 is 1. The van der Waals surface area contributed by atoms with Crippen molar-refractivity contribution in [1.82, 2.24) is 0 Å². The highest BCUT2D eigenvalue weighted by Gasteiger charge is 2.75. The smallest absolute Gasteiger partial charge is 0.460 e. The predicted octanol–water partition coefficient (Wildman–Crippen LogP) is 5.72. The maximum atomic E-state index is 15.0. The van der Waals surface area contributed by atoms with E-state index in [9.17, 15) is 39.6 Å². The van der Waals surface area contributed by atoms with Gasteiger partial charge in [0.15, 0.2) is 12.4 Å². The Morgan fingerprint density at radius 3 is 2.29 bits per heavy atom. The first-order valence-electron chi connectivity index (χ1n) is 14.2. The Bertz CT molecular complexity index is 1310. The maximum absolute atomic E-state index is 15.0. The number of carboxylic acid groups (broad SMARTS) is 1. The molecule has 0 aromatic heterocycles. The number of aliphatic carboxylic acids is 1. The molecule has 0 amide bonds. The summed E-state index contributed by atoms with van der Waals surface area (Å²) in [4.78, 5) is 10.6. The van der Waals surface area contributed by atoms with Crippen molar-refractivity contribution >= 4 is 38.7 Å². The Kier molecular flexibility index (Phi) is 13.9. The number of fused-ring (bicyclic) bond motifs is 1. The van der Waals surface area contributed by atoms with E-state index in [0.29, 0.717) is 5.56 Å². The third kappa shape index (κ3) is 9.44. The molecule has 0 aliphatic carbocycles. The number of ether oxygens (including phenoxy) is 6. The van der Waals surface area contributed by atoms with E-state index in [-0.39, 0.29) is 19.6 Å². The third-order valence-corrected chi connectivity index (χ3v) is 9.83. The van der Waals surface area contributed by atoms with Gasteiger partial charge in [-0.3, -0.25) is 8.98 Å². The molecule has 2 aliphatic rings. The zero-order valence-corrected chi connectivity index (χ0v) is 28.2. The lowest BCUT2D eigenvalue weighted by atomic mass is 9.81. The van der Waals surface area contributed by atoms with Gasteiger partial charge in [-0.25, -0.2) is 4.74 Å². The van der Waals surface area contributed by atoms with Crippen LogP contribution in [-0.2, 0) is 47.5 Å². The van der Waals surface area contributed by atoms with Crippen LogP contribution in [0.4, 0.5) is 35.1 Å². The Morgan fingerprint density at radius 2 is 1.71 bits per heavy atom. The molecule has 2 saturated heterocycles. The van der Waals surface area contributed by atoms with E-state index in [1.807, 2.05) is 0 Å². The minimum absolute atomic E-state index is 0.00303.